The maximum atomic E-state index is 12.9. The Morgan fingerprint density at radius 2 is 1.73 bits per heavy atom. The summed E-state index contributed by atoms with van der Waals surface area (Å²) >= 11 is 20.0. The third-order valence-corrected chi connectivity index (χ3v) is 6.93. The van der Waals surface area contributed by atoms with Gasteiger partial charge in [0.2, 0.25) is 0 Å². The van der Waals surface area contributed by atoms with Crippen molar-refractivity contribution in [3.63, 3.8) is 0 Å². The molecule has 0 unspecified atom stereocenters. The van der Waals surface area contributed by atoms with E-state index in [0.717, 1.165) is 0 Å². The van der Waals surface area contributed by atoms with Crippen LogP contribution >= 0.6 is 46.1 Å². The second-order valence-electron chi connectivity index (χ2n) is 8.37. The monoisotopic (exact) mass is 520 g/mol. The third kappa shape index (κ3) is 5.04. The van der Waals surface area contributed by atoms with Crippen molar-refractivity contribution in [2.75, 3.05) is 5.32 Å². The van der Waals surface area contributed by atoms with E-state index in [4.69, 9.17) is 39.2 Å². The number of thiophene rings is 1. The first-order chi connectivity index (χ1) is 15.5. The van der Waals surface area contributed by atoms with Crippen molar-refractivity contribution in [3.8, 4) is 11.3 Å². The highest BCUT2D eigenvalue weighted by Crippen LogP contribution is 2.40. The summed E-state index contributed by atoms with van der Waals surface area (Å²) in [7, 11) is 0. The molecule has 0 spiro atoms. The van der Waals surface area contributed by atoms with Crippen LogP contribution in [0.25, 0.3) is 21.4 Å². The lowest BCUT2D eigenvalue weighted by molar-refractivity contribution is 0.0923. The normalized spacial score (nSPS) is 11.6. The Bertz CT molecular complexity index is 1390. The van der Waals surface area contributed by atoms with Crippen molar-refractivity contribution in [2.24, 2.45) is 0 Å². The lowest BCUT2D eigenvalue weighted by atomic mass is 10.1. The summed E-state index contributed by atoms with van der Waals surface area (Å²) in [5, 5.41) is 7.76. The molecule has 2 aromatic carbocycles. The van der Waals surface area contributed by atoms with Gasteiger partial charge in [-0.15, -0.1) is 11.3 Å². The average Bonchev–Trinajstić information content (AvgIpc) is 3.35. The molecule has 0 saturated heterocycles. The highest BCUT2D eigenvalue weighted by atomic mass is 35.5. The molecule has 9 heteroatoms. The third-order valence-electron chi connectivity index (χ3n) is 4.62. The fourth-order valence-corrected chi connectivity index (χ4v) is 5.06. The van der Waals surface area contributed by atoms with Crippen LogP contribution in [0.15, 0.2) is 52.9 Å². The Labute approximate surface area is 209 Å². The molecule has 5 nitrogen and oxygen atoms in total. The maximum Gasteiger partial charge on any atom is 0.291 e. The van der Waals surface area contributed by atoms with Gasteiger partial charge in [0, 0.05) is 21.5 Å². The van der Waals surface area contributed by atoms with Crippen LogP contribution in [0.2, 0.25) is 15.1 Å². The van der Waals surface area contributed by atoms with E-state index >= 15 is 0 Å². The van der Waals surface area contributed by atoms with Crippen LogP contribution in [0.5, 0.6) is 0 Å². The van der Waals surface area contributed by atoms with E-state index in [1.165, 1.54) is 11.3 Å². The molecule has 0 aliphatic rings. The summed E-state index contributed by atoms with van der Waals surface area (Å²) in [6.45, 7) is 5.68. The molecular formula is C24H19Cl3N2O3S. The van der Waals surface area contributed by atoms with Gasteiger partial charge in [-0.3, -0.25) is 9.59 Å². The van der Waals surface area contributed by atoms with E-state index in [-0.39, 0.29) is 11.7 Å². The Morgan fingerprint density at radius 1 is 0.970 bits per heavy atom. The first-order valence-electron chi connectivity index (χ1n) is 9.93. The van der Waals surface area contributed by atoms with Crippen LogP contribution in [0.1, 0.15) is 41.0 Å². The predicted molar refractivity (Wildman–Crippen MR) is 136 cm³/mol. The number of hydrogen-bond donors (Lipinski definition) is 2. The Morgan fingerprint density at radius 3 is 2.45 bits per heavy atom. The van der Waals surface area contributed by atoms with Gasteiger partial charge in [-0.05, 0) is 57.2 Å². The van der Waals surface area contributed by atoms with Crippen molar-refractivity contribution in [1.29, 1.82) is 0 Å². The molecule has 2 heterocycles. The standard InChI is InChI=1S/C24H19Cl3N2O3S/c1-24(2,3)29-23(31)21-19(27)13-5-4-6-16(20(13)33-21)28-22(30)18-10-9-17(32-18)14-11-12(25)7-8-15(14)26/h4-11H,1-3H3,(H,28,30)(H,29,31). The van der Waals surface area contributed by atoms with Gasteiger partial charge < -0.3 is 15.1 Å². The summed E-state index contributed by atoms with van der Waals surface area (Å²) < 4.78 is 6.43. The van der Waals surface area contributed by atoms with Crippen LogP contribution < -0.4 is 10.6 Å². The molecule has 2 aromatic heterocycles. The number of rotatable bonds is 4. The van der Waals surface area contributed by atoms with Crippen molar-refractivity contribution in [3.05, 3.63) is 74.2 Å². The van der Waals surface area contributed by atoms with Crippen LogP contribution in [-0.2, 0) is 0 Å². The van der Waals surface area contributed by atoms with E-state index in [1.54, 1.807) is 42.5 Å². The molecule has 0 fully saturated rings. The van der Waals surface area contributed by atoms with Gasteiger partial charge in [0.15, 0.2) is 5.76 Å². The molecule has 0 bridgehead atoms. The van der Waals surface area contributed by atoms with Gasteiger partial charge in [0.05, 0.1) is 20.4 Å². The van der Waals surface area contributed by atoms with Crippen molar-refractivity contribution in [2.45, 2.75) is 26.3 Å². The van der Waals surface area contributed by atoms with Gasteiger partial charge in [-0.1, -0.05) is 46.9 Å². The maximum absolute atomic E-state index is 12.9. The zero-order chi connectivity index (χ0) is 23.9. The molecule has 4 rings (SSSR count). The van der Waals surface area contributed by atoms with Crippen molar-refractivity contribution < 1.29 is 14.0 Å². The zero-order valence-electron chi connectivity index (χ0n) is 17.9. The average molecular weight is 522 g/mol. The molecule has 2 N–H and O–H groups in total. The van der Waals surface area contributed by atoms with E-state index in [0.29, 0.717) is 47.0 Å². The molecule has 0 aliphatic carbocycles. The second-order valence-corrected chi connectivity index (χ2v) is 10.6. The van der Waals surface area contributed by atoms with Gasteiger partial charge >= 0.3 is 0 Å². The SMILES string of the molecule is CC(C)(C)NC(=O)c1sc2c(NC(=O)c3ccc(-c4cc(Cl)ccc4Cl)o3)cccc2c1Cl. The van der Waals surface area contributed by atoms with Gasteiger partial charge in [-0.25, -0.2) is 0 Å². The number of nitrogens with one attached hydrogen (secondary N) is 2. The number of benzene rings is 2. The minimum Gasteiger partial charge on any atom is -0.451 e. The molecule has 0 atom stereocenters. The second kappa shape index (κ2) is 9.03. The Hall–Kier alpha value is -2.51. The lowest BCUT2D eigenvalue weighted by Crippen LogP contribution is -2.40. The fraction of sp³-hybridized carbons (Fsp3) is 0.167. The highest BCUT2D eigenvalue weighted by molar-refractivity contribution is 7.22. The predicted octanol–water partition coefficient (Wildman–Crippen LogP) is 7.90. The minimum absolute atomic E-state index is 0.103. The van der Waals surface area contributed by atoms with E-state index in [1.807, 2.05) is 26.8 Å². The van der Waals surface area contributed by atoms with E-state index in [2.05, 4.69) is 10.6 Å². The van der Waals surface area contributed by atoms with Gasteiger partial charge in [0.25, 0.3) is 11.8 Å². The number of carbonyl (C=O) groups is 2. The first-order valence-corrected chi connectivity index (χ1v) is 11.9. The van der Waals surface area contributed by atoms with Gasteiger partial charge in [0.1, 0.15) is 10.6 Å². The molecule has 2 amide bonds. The fourth-order valence-electron chi connectivity index (χ4n) is 3.21. The summed E-state index contributed by atoms with van der Waals surface area (Å²) in [4.78, 5) is 26.0. The van der Waals surface area contributed by atoms with Crippen LogP contribution in [0, 0.1) is 0 Å². The van der Waals surface area contributed by atoms with Gasteiger partial charge in [-0.2, -0.15) is 0 Å². The topological polar surface area (TPSA) is 71.3 Å². The zero-order valence-corrected chi connectivity index (χ0v) is 21.0. The summed E-state index contributed by atoms with van der Waals surface area (Å²) in [5.41, 5.74) is 0.707. The summed E-state index contributed by atoms with van der Waals surface area (Å²) in [5.74, 6) is -0.185. The lowest BCUT2D eigenvalue weighted by Gasteiger charge is -2.19. The van der Waals surface area contributed by atoms with Crippen LogP contribution in [0.4, 0.5) is 5.69 Å². The van der Waals surface area contributed by atoms with Crippen molar-refractivity contribution in [1.82, 2.24) is 5.32 Å². The molecular weight excluding hydrogens is 503 g/mol. The Kier molecular flexibility index (Phi) is 6.47. The van der Waals surface area contributed by atoms with Crippen molar-refractivity contribution >= 4 is 73.7 Å². The quantitative estimate of drug-likeness (QED) is 0.287. The van der Waals surface area contributed by atoms with E-state index in [9.17, 15) is 9.59 Å². The van der Waals surface area contributed by atoms with Crippen LogP contribution in [-0.4, -0.2) is 17.4 Å². The van der Waals surface area contributed by atoms with E-state index < -0.39 is 11.4 Å². The number of halogens is 3. The summed E-state index contributed by atoms with van der Waals surface area (Å²) in [6.07, 6.45) is 0. The van der Waals surface area contributed by atoms with Crippen LogP contribution in [0.3, 0.4) is 0 Å². The number of fused-ring (bicyclic) bond motifs is 1. The Balaban J connectivity index is 1.63. The largest absolute Gasteiger partial charge is 0.451 e. The molecule has 4 aromatic rings. The molecule has 0 radical (unpaired) electrons. The first kappa shape index (κ1) is 23.6. The molecule has 33 heavy (non-hydrogen) atoms. The smallest absolute Gasteiger partial charge is 0.291 e. The number of hydrogen-bond acceptors (Lipinski definition) is 4. The minimum atomic E-state index is -0.447. The molecule has 0 saturated carbocycles. The summed E-state index contributed by atoms with van der Waals surface area (Å²) in [6, 6.07) is 13.5. The highest BCUT2D eigenvalue weighted by Gasteiger charge is 2.23. The number of anilines is 1. The molecule has 170 valence electrons. The molecule has 0 aliphatic heterocycles. The number of carbonyl (C=O) groups excluding carboxylic acids is 2. The number of furan rings is 1. The number of amides is 2.